The van der Waals surface area contributed by atoms with E-state index in [4.69, 9.17) is 4.98 Å². The van der Waals surface area contributed by atoms with E-state index in [1.807, 2.05) is 25.5 Å². The van der Waals surface area contributed by atoms with Crippen LogP contribution in [0.15, 0.2) is 30.6 Å². The lowest BCUT2D eigenvalue weighted by molar-refractivity contribution is 0.235. The third-order valence-electron chi connectivity index (χ3n) is 4.72. The first-order chi connectivity index (χ1) is 11.3. The molecule has 0 atom stereocenters. The smallest absolute Gasteiger partial charge is 0.143 e. The van der Waals surface area contributed by atoms with Gasteiger partial charge in [-0.15, -0.1) is 0 Å². The van der Waals surface area contributed by atoms with Gasteiger partial charge in [-0.25, -0.2) is 9.37 Å². The highest BCUT2D eigenvalue weighted by Gasteiger charge is 2.19. The summed E-state index contributed by atoms with van der Waals surface area (Å²) in [4.78, 5) is 13.5. The highest BCUT2D eigenvalue weighted by molar-refractivity contribution is 6.06. The molecule has 4 rings (SSSR count). The molecule has 0 aromatic carbocycles. The molecule has 3 aromatic heterocycles. The van der Waals surface area contributed by atoms with Crippen LogP contribution in [0.3, 0.4) is 0 Å². The number of pyridine rings is 2. The standard InChI is InChI=1S/C17H20FN5/c1-21-15-4-6-19-12-14(15)13-2-3-16(20-17(13)21)23-10-8-22(7-5-18)9-11-23/h2-4,6,12H,5,7-11H2,1H3/i18-1. The predicted molar refractivity (Wildman–Crippen MR) is 90.6 cm³/mol. The molecule has 0 unspecified atom stereocenters. The van der Waals surface area contributed by atoms with Gasteiger partial charge in [-0.1, -0.05) is 0 Å². The molecule has 1 fully saturated rings. The minimum Gasteiger partial charge on any atom is -0.354 e. The van der Waals surface area contributed by atoms with Gasteiger partial charge < -0.3 is 9.47 Å². The van der Waals surface area contributed by atoms with Gasteiger partial charge in [0.2, 0.25) is 0 Å². The fourth-order valence-corrected chi connectivity index (χ4v) is 3.40. The van der Waals surface area contributed by atoms with Crippen molar-refractivity contribution in [3.8, 4) is 0 Å². The van der Waals surface area contributed by atoms with E-state index in [0.29, 0.717) is 6.54 Å². The monoisotopic (exact) mass is 312 g/mol. The molecular formula is C17H20FN5. The summed E-state index contributed by atoms with van der Waals surface area (Å²) < 4.78 is 14.6. The van der Waals surface area contributed by atoms with Gasteiger partial charge in [-0.2, -0.15) is 0 Å². The van der Waals surface area contributed by atoms with Crippen molar-refractivity contribution in [1.29, 1.82) is 0 Å². The van der Waals surface area contributed by atoms with Gasteiger partial charge in [0.1, 0.15) is 18.1 Å². The molecule has 1 aliphatic heterocycles. The molecule has 1 aliphatic rings. The number of fused-ring (bicyclic) bond motifs is 3. The summed E-state index contributed by atoms with van der Waals surface area (Å²) in [5.41, 5.74) is 2.13. The zero-order valence-electron chi connectivity index (χ0n) is 13.2. The van der Waals surface area contributed by atoms with Gasteiger partial charge in [-0.05, 0) is 18.2 Å². The van der Waals surface area contributed by atoms with Gasteiger partial charge in [0.15, 0.2) is 0 Å². The van der Waals surface area contributed by atoms with E-state index in [2.05, 4.69) is 31.5 Å². The average Bonchev–Trinajstić information content (AvgIpc) is 2.89. The van der Waals surface area contributed by atoms with E-state index in [0.717, 1.165) is 53.9 Å². The SMILES string of the molecule is Cn1c2ccncc2c2ccc(N3CCN(CC[18F])CC3)nc21. The van der Waals surface area contributed by atoms with E-state index in [9.17, 15) is 4.39 Å². The van der Waals surface area contributed by atoms with Crippen molar-refractivity contribution in [3.05, 3.63) is 30.6 Å². The topological polar surface area (TPSA) is 37.2 Å². The highest BCUT2D eigenvalue weighted by Crippen LogP contribution is 2.28. The number of aryl methyl sites for hydroxylation is 1. The molecule has 0 N–H and O–H groups in total. The zero-order chi connectivity index (χ0) is 15.8. The fraction of sp³-hybridized carbons (Fsp3) is 0.412. The fourth-order valence-electron chi connectivity index (χ4n) is 3.40. The number of rotatable bonds is 3. The molecular weight excluding hydrogens is 292 g/mol. The predicted octanol–water partition coefficient (Wildman–Crippen LogP) is 2.21. The molecule has 120 valence electrons. The molecule has 0 saturated carbocycles. The van der Waals surface area contributed by atoms with Gasteiger partial charge in [0.25, 0.3) is 0 Å². The Labute approximate surface area is 134 Å². The van der Waals surface area contributed by atoms with E-state index in [1.165, 1.54) is 0 Å². The lowest BCUT2D eigenvalue weighted by Gasteiger charge is -2.34. The maximum atomic E-state index is 12.4. The Morgan fingerprint density at radius 3 is 2.70 bits per heavy atom. The summed E-state index contributed by atoms with van der Waals surface area (Å²) in [5.74, 6) is 0.997. The second-order valence-corrected chi connectivity index (χ2v) is 6.01. The third-order valence-corrected chi connectivity index (χ3v) is 4.72. The lowest BCUT2D eigenvalue weighted by Crippen LogP contribution is -2.47. The molecule has 0 radical (unpaired) electrons. The Kier molecular flexibility index (Phi) is 3.61. The summed E-state index contributed by atoms with van der Waals surface area (Å²) in [6, 6.07) is 6.24. The van der Waals surface area contributed by atoms with Crippen LogP contribution in [0.5, 0.6) is 0 Å². The van der Waals surface area contributed by atoms with Crippen molar-refractivity contribution >= 4 is 27.8 Å². The third kappa shape index (κ3) is 2.43. The largest absolute Gasteiger partial charge is 0.354 e. The lowest BCUT2D eigenvalue weighted by atomic mass is 10.2. The molecule has 0 bridgehead atoms. The van der Waals surface area contributed by atoms with Crippen LogP contribution in [-0.4, -0.2) is 58.8 Å². The Morgan fingerprint density at radius 2 is 1.91 bits per heavy atom. The molecule has 0 spiro atoms. The molecule has 6 heteroatoms. The summed E-state index contributed by atoms with van der Waals surface area (Å²) >= 11 is 0. The van der Waals surface area contributed by atoms with Crippen LogP contribution in [0, 0.1) is 0 Å². The Bertz CT molecular complexity index is 835. The van der Waals surface area contributed by atoms with Crippen LogP contribution in [0.2, 0.25) is 0 Å². The maximum absolute atomic E-state index is 12.4. The van der Waals surface area contributed by atoms with Crippen LogP contribution >= 0.6 is 0 Å². The normalized spacial score (nSPS) is 16.5. The minimum atomic E-state index is -0.270. The first-order valence-corrected chi connectivity index (χ1v) is 8.00. The minimum absolute atomic E-state index is 0.270. The summed E-state index contributed by atoms with van der Waals surface area (Å²) in [6.45, 7) is 3.84. The van der Waals surface area contributed by atoms with Gasteiger partial charge in [0, 0.05) is 62.9 Å². The maximum Gasteiger partial charge on any atom is 0.143 e. The van der Waals surface area contributed by atoms with Crippen molar-refractivity contribution in [3.63, 3.8) is 0 Å². The van der Waals surface area contributed by atoms with Crippen LogP contribution in [0.25, 0.3) is 21.9 Å². The highest BCUT2D eigenvalue weighted by atomic mass is 18.2. The number of anilines is 1. The van der Waals surface area contributed by atoms with Crippen molar-refractivity contribution in [2.45, 2.75) is 0 Å². The van der Waals surface area contributed by atoms with E-state index < -0.39 is 0 Å². The van der Waals surface area contributed by atoms with Crippen molar-refractivity contribution in [1.82, 2.24) is 19.4 Å². The van der Waals surface area contributed by atoms with Gasteiger partial charge >= 0.3 is 0 Å². The number of nitrogens with zero attached hydrogens (tertiary/aromatic N) is 5. The molecule has 0 amide bonds. The van der Waals surface area contributed by atoms with E-state index >= 15 is 0 Å². The number of aromatic nitrogens is 3. The van der Waals surface area contributed by atoms with Crippen molar-refractivity contribution in [2.24, 2.45) is 7.05 Å². The van der Waals surface area contributed by atoms with Crippen molar-refractivity contribution in [2.75, 3.05) is 44.3 Å². The summed E-state index contributed by atoms with van der Waals surface area (Å²) in [5, 5.41) is 2.27. The number of piperazine rings is 1. The Morgan fingerprint density at radius 1 is 1.09 bits per heavy atom. The number of halogens is 1. The van der Waals surface area contributed by atoms with Gasteiger partial charge in [0.05, 0.1) is 5.52 Å². The Balaban J connectivity index is 1.67. The quantitative estimate of drug-likeness (QED) is 0.743. The number of hydrogen-bond donors (Lipinski definition) is 0. The molecule has 1 saturated heterocycles. The molecule has 23 heavy (non-hydrogen) atoms. The summed E-state index contributed by atoms with van der Waals surface area (Å²) in [7, 11) is 2.04. The molecule has 4 heterocycles. The van der Waals surface area contributed by atoms with Crippen molar-refractivity contribution < 1.29 is 4.39 Å². The van der Waals surface area contributed by atoms with Crippen LogP contribution < -0.4 is 4.90 Å². The van der Waals surface area contributed by atoms with Gasteiger partial charge in [-0.3, -0.25) is 9.88 Å². The van der Waals surface area contributed by atoms with Crippen LogP contribution in [0.4, 0.5) is 10.2 Å². The van der Waals surface area contributed by atoms with Crippen LogP contribution in [0.1, 0.15) is 0 Å². The average molecular weight is 312 g/mol. The second-order valence-electron chi connectivity index (χ2n) is 6.01. The van der Waals surface area contributed by atoms with E-state index in [1.54, 1.807) is 0 Å². The number of hydrogen-bond acceptors (Lipinski definition) is 4. The number of alkyl halides is 1. The summed E-state index contributed by atoms with van der Waals surface area (Å²) in [6.07, 6.45) is 3.71. The first-order valence-electron chi connectivity index (χ1n) is 8.00. The molecule has 5 nitrogen and oxygen atoms in total. The van der Waals surface area contributed by atoms with Crippen LogP contribution in [-0.2, 0) is 7.05 Å². The van der Waals surface area contributed by atoms with E-state index in [-0.39, 0.29) is 6.67 Å². The molecule has 0 aliphatic carbocycles. The molecule has 3 aromatic rings. The Hall–Kier alpha value is -2.21. The zero-order valence-corrected chi connectivity index (χ0v) is 13.2. The second kappa shape index (κ2) is 5.77. The first kappa shape index (κ1) is 14.4.